The van der Waals surface area contributed by atoms with Crippen LogP contribution in [-0.2, 0) is 0 Å². The molecule has 2 nitrogen and oxygen atoms in total. The number of pyridine rings is 1. The Morgan fingerprint density at radius 1 is 1.10 bits per heavy atom. The third-order valence-corrected chi connectivity index (χ3v) is 3.46. The van der Waals surface area contributed by atoms with Gasteiger partial charge in [0.1, 0.15) is 11.9 Å². The molecule has 0 aliphatic carbocycles. The average Bonchev–Trinajstić information content (AvgIpc) is 2.48. The molecule has 20 heavy (non-hydrogen) atoms. The molecular weight excluding hydrogens is 253 g/mol. The third kappa shape index (κ3) is 2.17. The van der Waals surface area contributed by atoms with E-state index in [9.17, 15) is 9.50 Å². The molecule has 0 radical (unpaired) electrons. The fourth-order valence-electron chi connectivity index (χ4n) is 2.42. The zero-order valence-electron chi connectivity index (χ0n) is 11.0. The number of benzene rings is 2. The Bertz CT molecular complexity index is 765. The predicted octanol–water partition coefficient (Wildman–Crippen LogP) is 3.76. The topological polar surface area (TPSA) is 33.1 Å². The standard InChI is InChI=1S/C17H14FNO/c1-11-5-6-16(18)14(9-11)17(20)13-4-2-3-12-7-8-19-10-15(12)13/h2-10,17,20H,1H3. The molecule has 1 unspecified atom stereocenters. The Kier molecular flexibility index (Phi) is 3.20. The van der Waals surface area contributed by atoms with Crippen LogP contribution in [0.2, 0.25) is 0 Å². The molecule has 3 aromatic rings. The highest BCUT2D eigenvalue weighted by Gasteiger charge is 2.17. The third-order valence-electron chi connectivity index (χ3n) is 3.46. The molecule has 0 saturated carbocycles. The molecule has 0 bridgehead atoms. The number of aliphatic hydroxyl groups is 1. The van der Waals surface area contributed by atoms with Crippen molar-refractivity contribution in [3.63, 3.8) is 0 Å². The van der Waals surface area contributed by atoms with Gasteiger partial charge in [0.25, 0.3) is 0 Å². The van der Waals surface area contributed by atoms with Crippen molar-refractivity contribution in [2.75, 3.05) is 0 Å². The van der Waals surface area contributed by atoms with Crippen LogP contribution >= 0.6 is 0 Å². The number of rotatable bonds is 2. The molecule has 0 amide bonds. The Hall–Kier alpha value is -2.26. The van der Waals surface area contributed by atoms with Gasteiger partial charge in [0.05, 0.1) is 0 Å². The molecule has 2 aromatic carbocycles. The van der Waals surface area contributed by atoms with Crippen LogP contribution in [-0.4, -0.2) is 10.1 Å². The molecule has 1 heterocycles. The fraction of sp³-hybridized carbons (Fsp3) is 0.118. The minimum Gasteiger partial charge on any atom is -0.384 e. The van der Waals surface area contributed by atoms with E-state index in [1.165, 1.54) is 6.07 Å². The quantitative estimate of drug-likeness (QED) is 0.766. The minimum absolute atomic E-state index is 0.293. The summed E-state index contributed by atoms with van der Waals surface area (Å²) in [7, 11) is 0. The molecule has 0 aliphatic rings. The zero-order chi connectivity index (χ0) is 14.1. The van der Waals surface area contributed by atoms with Crippen molar-refractivity contribution in [3.05, 3.63) is 77.4 Å². The second kappa shape index (κ2) is 5.02. The van der Waals surface area contributed by atoms with Gasteiger partial charge in [0.2, 0.25) is 0 Å². The number of hydrogen-bond acceptors (Lipinski definition) is 2. The number of fused-ring (bicyclic) bond motifs is 1. The van der Waals surface area contributed by atoms with E-state index in [-0.39, 0.29) is 0 Å². The summed E-state index contributed by atoms with van der Waals surface area (Å²) in [5.74, 6) is -0.399. The van der Waals surface area contributed by atoms with Crippen LogP contribution in [0.15, 0.2) is 54.9 Å². The van der Waals surface area contributed by atoms with Crippen LogP contribution in [0.4, 0.5) is 4.39 Å². The number of halogens is 1. The SMILES string of the molecule is Cc1ccc(F)c(C(O)c2cccc3ccncc23)c1. The summed E-state index contributed by atoms with van der Waals surface area (Å²) in [5, 5.41) is 12.3. The van der Waals surface area contributed by atoms with Gasteiger partial charge in [-0.3, -0.25) is 4.98 Å². The van der Waals surface area contributed by atoms with Crippen molar-refractivity contribution in [2.24, 2.45) is 0 Å². The van der Waals surface area contributed by atoms with Crippen LogP contribution in [0.5, 0.6) is 0 Å². The van der Waals surface area contributed by atoms with Gasteiger partial charge >= 0.3 is 0 Å². The van der Waals surface area contributed by atoms with Gasteiger partial charge in [-0.05, 0) is 30.0 Å². The molecule has 0 spiro atoms. The summed E-state index contributed by atoms with van der Waals surface area (Å²) in [6.07, 6.45) is 2.40. The van der Waals surface area contributed by atoms with E-state index in [1.807, 2.05) is 25.1 Å². The molecule has 3 rings (SSSR count). The van der Waals surface area contributed by atoms with E-state index >= 15 is 0 Å². The Labute approximate surface area is 116 Å². The molecular formula is C17H14FNO. The lowest BCUT2D eigenvalue weighted by Crippen LogP contribution is -2.04. The highest BCUT2D eigenvalue weighted by atomic mass is 19.1. The minimum atomic E-state index is -0.997. The average molecular weight is 267 g/mol. The van der Waals surface area contributed by atoms with Gasteiger partial charge in [0.15, 0.2) is 0 Å². The van der Waals surface area contributed by atoms with Gasteiger partial charge in [-0.15, -0.1) is 0 Å². The predicted molar refractivity (Wildman–Crippen MR) is 76.9 cm³/mol. The maximum Gasteiger partial charge on any atom is 0.129 e. The van der Waals surface area contributed by atoms with Crippen molar-refractivity contribution in [3.8, 4) is 0 Å². The number of nitrogens with zero attached hydrogens (tertiary/aromatic N) is 1. The van der Waals surface area contributed by atoms with Crippen molar-refractivity contribution < 1.29 is 9.50 Å². The first-order chi connectivity index (χ1) is 9.66. The van der Waals surface area contributed by atoms with Crippen LogP contribution in [0, 0.1) is 12.7 Å². The molecule has 1 atom stereocenters. The van der Waals surface area contributed by atoms with E-state index in [2.05, 4.69) is 4.98 Å². The van der Waals surface area contributed by atoms with Crippen molar-refractivity contribution in [1.29, 1.82) is 0 Å². The number of hydrogen-bond donors (Lipinski definition) is 1. The van der Waals surface area contributed by atoms with Crippen LogP contribution in [0.25, 0.3) is 10.8 Å². The first kappa shape index (κ1) is 12.8. The summed E-state index contributed by atoms with van der Waals surface area (Å²) in [5.41, 5.74) is 1.88. The van der Waals surface area contributed by atoms with E-state index in [0.29, 0.717) is 11.1 Å². The molecule has 0 fully saturated rings. The lowest BCUT2D eigenvalue weighted by molar-refractivity contribution is 0.216. The molecule has 0 saturated heterocycles. The monoisotopic (exact) mass is 267 g/mol. The van der Waals surface area contributed by atoms with E-state index < -0.39 is 11.9 Å². The second-order valence-electron chi connectivity index (χ2n) is 4.87. The van der Waals surface area contributed by atoms with Gasteiger partial charge in [-0.1, -0.05) is 35.9 Å². The number of aromatic nitrogens is 1. The van der Waals surface area contributed by atoms with Crippen LogP contribution < -0.4 is 0 Å². The molecule has 1 N–H and O–H groups in total. The summed E-state index contributed by atoms with van der Waals surface area (Å²) in [6, 6.07) is 12.2. The first-order valence-electron chi connectivity index (χ1n) is 6.43. The summed E-state index contributed by atoms with van der Waals surface area (Å²) >= 11 is 0. The summed E-state index contributed by atoms with van der Waals surface area (Å²) < 4.78 is 13.9. The fourth-order valence-corrected chi connectivity index (χ4v) is 2.42. The molecule has 100 valence electrons. The highest BCUT2D eigenvalue weighted by Crippen LogP contribution is 2.30. The lowest BCUT2D eigenvalue weighted by Gasteiger charge is -2.15. The lowest BCUT2D eigenvalue weighted by atomic mass is 9.96. The molecule has 3 heteroatoms. The van der Waals surface area contributed by atoms with Crippen molar-refractivity contribution >= 4 is 10.8 Å². The van der Waals surface area contributed by atoms with Gasteiger partial charge in [-0.25, -0.2) is 4.39 Å². The van der Waals surface area contributed by atoms with Gasteiger partial charge in [0, 0.05) is 23.3 Å². The van der Waals surface area contributed by atoms with E-state index in [0.717, 1.165) is 16.3 Å². The second-order valence-corrected chi connectivity index (χ2v) is 4.87. The number of aliphatic hydroxyl groups excluding tert-OH is 1. The Morgan fingerprint density at radius 3 is 2.80 bits per heavy atom. The Morgan fingerprint density at radius 2 is 1.95 bits per heavy atom. The maximum absolute atomic E-state index is 13.9. The van der Waals surface area contributed by atoms with Crippen molar-refractivity contribution in [2.45, 2.75) is 13.0 Å². The Balaban J connectivity index is 2.17. The first-order valence-corrected chi connectivity index (χ1v) is 6.43. The van der Waals surface area contributed by atoms with E-state index in [4.69, 9.17) is 0 Å². The summed E-state index contributed by atoms with van der Waals surface area (Å²) in [4.78, 5) is 4.08. The van der Waals surface area contributed by atoms with Crippen LogP contribution in [0.3, 0.4) is 0 Å². The highest BCUT2D eigenvalue weighted by molar-refractivity contribution is 5.85. The van der Waals surface area contributed by atoms with E-state index in [1.54, 1.807) is 30.6 Å². The van der Waals surface area contributed by atoms with Crippen molar-refractivity contribution in [1.82, 2.24) is 4.98 Å². The normalized spacial score (nSPS) is 12.6. The molecule has 0 aliphatic heterocycles. The number of aryl methyl sites for hydroxylation is 1. The van der Waals surface area contributed by atoms with Gasteiger partial charge < -0.3 is 5.11 Å². The molecule has 1 aromatic heterocycles. The van der Waals surface area contributed by atoms with Crippen LogP contribution in [0.1, 0.15) is 22.8 Å². The maximum atomic E-state index is 13.9. The van der Waals surface area contributed by atoms with Gasteiger partial charge in [-0.2, -0.15) is 0 Å². The summed E-state index contributed by atoms with van der Waals surface area (Å²) in [6.45, 7) is 1.88. The smallest absolute Gasteiger partial charge is 0.129 e. The zero-order valence-corrected chi connectivity index (χ0v) is 11.0. The largest absolute Gasteiger partial charge is 0.384 e.